The lowest BCUT2D eigenvalue weighted by Gasteiger charge is -2.08. The van der Waals surface area contributed by atoms with Crippen LogP contribution in [0.5, 0.6) is 5.88 Å². The summed E-state index contributed by atoms with van der Waals surface area (Å²) in [7, 11) is -1.85. The third-order valence-electron chi connectivity index (χ3n) is 2.55. The van der Waals surface area contributed by atoms with Crippen molar-refractivity contribution in [3.8, 4) is 5.88 Å². The summed E-state index contributed by atoms with van der Waals surface area (Å²) in [5, 5.41) is 2.47. The molecule has 0 aromatic carbocycles. The second kappa shape index (κ2) is 9.21. The quantitative estimate of drug-likeness (QED) is 0.662. The molecule has 8 nitrogen and oxygen atoms in total. The third-order valence-corrected chi connectivity index (χ3v) is 3.92. The number of amides is 1. The van der Waals surface area contributed by atoms with E-state index in [-0.39, 0.29) is 11.6 Å². The average Bonchev–Trinajstić information content (AvgIpc) is 2.47. The molecule has 0 atom stereocenters. The van der Waals surface area contributed by atoms with Gasteiger partial charge < -0.3 is 14.8 Å². The van der Waals surface area contributed by atoms with Gasteiger partial charge in [-0.15, -0.1) is 0 Å². The predicted octanol–water partition coefficient (Wildman–Crippen LogP) is 1.36. The van der Waals surface area contributed by atoms with Gasteiger partial charge in [0, 0.05) is 19.7 Å². The minimum Gasteiger partial charge on any atom is -0.391 e. The van der Waals surface area contributed by atoms with Crippen LogP contribution in [0.4, 0.5) is 10.5 Å². The summed E-state index contributed by atoms with van der Waals surface area (Å²) < 4.78 is 35.6. The molecule has 0 spiro atoms. The summed E-state index contributed by atoms with van der Waals surface area (Å²) in [5.74, 6) is 0.135. The van der Waals surface area contributed by atoms with Crippen LogP contribution in [0.15, 0.2) is 18.3 Å². The number of rotatable bonds is 9. The van der Waals surface area contributed by atoms with Gasteiger partial charge in [0.05, 0.1) is 24.2 Å². The zero-order valence-corrected chi connectivity index (χ0v) is 13.5. The van der Waals surface area contributed by atoms with E-state index in [9.17, 15) is 13.2 Å². The Hall–Kier alpha value is -1.87. The Morgan fingerprint density at radius 2 is 2.14 bits per heavy atom. The molecule has 0 aliphatic carbocycles. The van der Waals surface area contributed by atoms with Crippen molar-refractivity contribution in [2.45, 2.75) is 19.8 Å². The molecule has 2 N–H and O–H groups in total. The summed E-state index contributed by atoms with van der Waals surface area (Å²) in [6.45, 7) is 2.62. The highest BCUT2D eigenvalue weighted by atomic mass is 32.2. The van der Waals surface area contributed by atoms with Crippen molar-refractivity contribution in [1.29, 1.82) is 0 Å². The van der Waals surface area contributed by atoms with Crippen LogP contribution in [-0.2, 0) is 14.8 Å². The monoisotopic (exact) mass is 331 g/mol. The van der Waals surface area contributed by atoms with Crippen molar-refractivity contribution in [2.24, 2.45) is 0 Å². The maximum absolute atomic E-state index is 11.7. The second-order valence-electron chi connectivity index (χ2n) is 4.47. The molecule has 0 aliphatic heterocycles. The lowest BCUT2D eigenvalue weighted by atomic mass is 10.4. The number of nitrogens with one attached hydrogen (secondary N) is 2. The van der Waals surface area contributed by atoms with Crippen LogP contribution in [0, 0.1) is 0 Å². The van der Waals surface area contributed by atoms with Gasteiger partial charge >= 0.3 is 6.09 Å². The van der Waals surface area contributed by atoms with E-state index >= 15 is 0 Å². The van der Waals surface area contributed by atoms with Crippen molar-refractivity contribution in [1.82, 2.24) is 10.3 Å². The zero-order valence-electron chi connectivity index (χ0n) is 12.7. The molecule has 22 heavy (non-hydrogen) atoms. The van der Waals surface area contributed by atoms with Crippen LogP contribution in [0.1, 0.15) is 19.8 Å². The van der Waals surface area contributed by atoms with Gasteiger partial charge in [0.1, 0.15) is 0 Å². The molecule has 9 heteroatoms. The van der Waals surface area contributed by atoms with Crippen LogP contribution in [0.3, 0.4) is 0 Å². The molecule has 0 bridgehead atoms. The molecule has 0 saturated heterocycles. The van der Waals surface area contributed by atoms with Crippen LogP contribution in [0.2, 0.25) is 0 Å². The van der Waals surface area contributed by atoms with Gasteiger partial charge in [0.25, 0.3) is 0 Å². The van der Waals surface area contributed by atoms with E-state index in [1.807, 2.05) is 6.92 Å². The van der Waals surface area contributed by atoms with Crippen LogP contribution in [-0.4, -0.2) is 45.5 Å². The van der Waals surface area contributed by atoms with E-state index in [2.05, 4.69) is 15.0 Å². The normalized spacial score (nSPS) is 11.0. The topological polar surface area (TPSA) is 107 Å². The number of pyridine rings is 1. The smallest absolute Gasteiger partial charge is 0.391 e. The maximum Gasteiger partial charge on any atom is 0.414 e. The molecule has 1 aromatic rings. The Morgan fingerprint density at radius 3 is 2.73 bits per heavy atom. The maximum atomic E-state index is 11.7. The van der Waals surface area contributed by atoms with Crippen molar-refractivity contribution in [2.75, 3.05) is 30.7 Å². The van der Waals surface area contributed by atoms with Gasteiger partial charge in [0.15, 0.2) is 0 Å². The summed E-state index contributed by atoms with van der Waals surface area (Å²) in [6, 6.07) is 2.89. The fraction of sp³-hybridized carbons (Fsp3) is 0.538. The van der Waals surface area contributed by atoms with E-state index < -0.39 is 16.1 Å². The highest BCUT2D eigenvalue weighted by Crippen LogP contribution is 2.13. The number of nitrogens with zero attached hydrogens (tertiary/aromatic N) is 1. The minimum atomic E-state index is -3.37. The summed E-state index contributed by atoms with van der Waals surface area (Å²) in [4.78, 5) is 15.2. The lowest BCUT2D eigenvalue weighted by molar-refractivity contribution is 0.179. The van der Waals surface area contributed by atoms with E-state index in [0.29, 0.717) is 25.3 Å². The number of aromatic nitrogens is 1. The first-order valence-corrected chi connectivity index (χ1v) is 8.53. The Kier molecular flexibility index (Phi) is 7.61. The highest BCUT2D eigenvalue weighted by molar-refractivity contribution is 7.92. The standard InChI is InChI=1S/C13H21N3O5S/c1-3-4-9-22(18,19)16-11-5-6-12(15-10-11)21-13(17)14-7-8-20-2/h5-6,10,16H,3-4,7-9H2,1-2H3,(H,14,17). The van der Waals surface area contributed by atoms with Gasteiger partial charge in [-0.2, -0.15) is 0 Å². The number of hydrogen-bond acceptors (Lipinski definition) is 6. The van der Waals surface area contributed by atoms with E-state index in [4.69, 9.17) is 9.47 Å². The third kappa shape index (κ3) is 7.23. The predicted molar refractivity (Wildman–Crippen MR) is 82.5 cm³/mol. The van der Waals surface area contributed by atoms with Crippen LogP contribution < -0.4 is 14.8 Å². The molecule has 0 saturated carbocycles. The molecule has 1 amide bonds. The molecule has 1 rings (SSSR count). The van der Waals surface area contributed by atoms with E-state index in [0.717, 1.165) is 6.42 Å². The summed E-state index contributed by atoms with van der Waals surface area (Å²) >= 11 is 0. The first-order valence-electron chi connectivity index (χ1n) is 6.88. The minimum absolute atomic E-state index is 0.0592. The second-order valence-corrected chi connectivity index (χ2v) is 6.31. The van der Waals surface area contributed by atoms with Gasteiger partial charge in [-0.1, -0.05) is 13.3 Å². The Labute approximate surface area is 130 Å². The number of carbonyl (C=O) groups is 1. The number of unbranched alkanes of at least 4 members (excludes halogenated alkanes) is 1. The molecule has 0 radical (unpaired) electrons. The van der Waals surface area contributed by atoms with Crippen LogP contribution >= 0.6 is 0 Å². The highest BCUT2D eigenvalue weighted by Gasteiger charge is 2.10. The summed E-state index contributed by atoms with van der Waals surface area (Å²) in [6.07, 6.45) is 2.03. The summed E-state index contributed by atoms with van der Waals surface area (Å²) in [5.41, 5.74) is 0.322. The van der Waals surface area contributed by atoms with Crippen molar-refractivity contribution < 1.29 is 22.7 Å². The molecule has 0 unspecified atom stereocenters. The van der Waals surface area contributed by atoms with Gasteiger partial charge in [-0.25, -0.2) is 18.2 Å². The molecule has 1 heterocycles. The molecule has 1 aromatic heterocycles. The Balaban J connectivity index is 2.51. The number of methoxy groups -OCH3 is 1. The first-order chi connectivity index (χ1) is 10.5. The van der Waals surface area contributed by atoms with Crippen molar-refractivity contribution >= 4 is 21.8 Å². The fourth-order valence-electron chi connectivity index (χ4n) is 1.45. The first kappa shape index (κ1) is 18.2. The fourth-order valence-corrected chi connectivity index (χ4v) is 2.70. The van der Waals surface area contributed by atoms with Gasteiger partial charge in [-0.3, -0.25) is 4.72 Å². The molecular weight excluding hydrogens is 310 g/mol. The number of hydrogen-bond donors (Lipinski definition) is 2. The molecular formula is C13H21N3O5S. The Bertz CT molecular complexity index is 560. The number of carbonyl (C=O) groups excluding carboxylic acids is 1. The van der Waals surface area contributed by atoms with Crippen molar-refractivity contribution in [3.05, 3.63) is 18.3 Å². The SMILES string of the molecule is CCCCS(=O)(=O)Nc1ccc(OC(=O)NCCOC)nc1. The zero-order chi connectivity index (χ0) is 16.4. The Morgan fingerprint density at radius 1 is 1.36 bits per heavy atom. The van der Waals surface area contributed by atoms with Crippen LogP contribution in [0.25, 0.3) is 0 Å². The largest absolute Gasteiger partial charge is 0.414 e. The number of anilines is 1. The molecule has 124 valence electrons. The van der Waals surface area contributed by atoms with Crippen molar-refractivity contribution in [3.63, 3.8) is 0 Å². The van der Waals surface area contributed by atoms with Gasteiger partial charge in [-0.05, 0) is 12.5 Å². The van der Waals surface area contributed by atoms with E-state index in [1.165, 1.54) is 25.4 Å². The molecule has 0 aliphatic rings. The molecule has 0 fully saturated rings. The average molecular weight is 331 g/mol. The van der Waals surface area contributed by atoms with Gasteiger partial charge in [0.2, 0.25) is 15.9 Å². The number of ether oxygens (including phenoxy) is 2. The van der Waals surface area contributed by atoms with E-state index in [1.54, 1.807) is 0 Å². The lowest BCUT2D eigenvalue weighted by Crippen LogP contribution is -2.30. The number of sulfonamides is 1.